The number of carbonyl (C=O) groups excluding carboxylic acids is 1. The monoisotopic (exact) mass is 440 g/mol. The fourth-order valence-corrected chi connectivity index (χ4v) is 3.67. The van der Waals surface area contributed by atoms with E-state index < -0.39 is 0 Å². The summed E-state index contributed by atoms with van der Waals surface area (Å²) in [5.74, 6) is 0. The lowest BCUT2D eigenvalue weighted by atomic mass is 10.1. The molecular weight excluding hydrogens is 412 g/mol. The van der Waals surface area contributed by atoms with Crippen LogP contribution in [0.2, 0.25) is 5.02 Å². The molecular formula is C24H29ClN4O2. The van der Waals surface area contributed by atoms with Crippen molar-refractivity contribution in [2.24, 2.45) is 0 Å². The first-order valence-electron chi connectivity index (χ1n) is 10.6. The molecule has 0 saturated heterocycles. The molecule has 0 unspecified atom stereocenters. The summed E-state index contributed by atoms with van der Waals surface area (Å²) in [6.07, 6.45) is 0. The van der Waals surface area contributed by atoms with Crippen molar-refractivity contribution in [3.8, 4) is 0 Å². The van der Waals surface area contributed by atoms with Crippen LogP contribution in [0.1, 0.15) is 25.0 Å². The van der Waals surface area contributed by atoms with Gasteiger partial charge in [-0.1, -0.05) is 43.6 Å². The second-order valence-electron chi connectivity index (χ2n) is 7.55. The van der Waals surface area contributed by atoms with Gasteiger partial charge in [-0.05, 0) is 61.3 Å². The number of hydrogen-bond acceptors (Lipinski definition) is 3. The van der Waals surface area contributed by atoms with Crippen LogP contribution >= 0.6 is 11.6 Å². The van der Waals surface area contributed by atoms with Gasteiger partial charge in [-0.25, -0.2) is 4.79 Å². The van der Waals surface area contributed by atoms with E-state index >= 15 is 0 Å². The Labute approximate surface area is 187 Å². The topological polar surface area (TPSA) is 68.4 Å². The molecule has 0 atom stereocenters. The molecule has 1 aromatic heterocycles. The number of anilines is 1. The molecule has 2 N–H and O–H groups in total. The molecule has 0 spiro atoms. The van der Waals surface area contributed by atoms with E-state index in [0.29, 0.717) is 22.8 Å². The van der Waals surface area contributed by atoms with E-state index in [1.165, 1.54) is 0 Å². The molecule has 3 rings (SSSR count). The summed E-state index contributed by atoms with van der Waals surface area (Å²) in [5.41, 5.74) is 2.89. The number of urea groups is 1. The van der Waals surface area contributed by atoms with E-state index in [1.54, 1.807) is 29.2 Å². The van der Waals surface area contributed by atoms with Gasteiger partial charge in [0, 0.05) is 29.4 Å². The number of para-hydroxylation sites is 1. The van der Waals surface area contributed by atoms with Crippen molar-refractivity contribution in [1.29, 1.82) is 0 Å². The molecule has 2 aromatic carbocycles. The SMILES string of the molecule is CCN(CC)CCN(Cc1cc2cccc(C)c2[nH]c1=O)C(=O)Nc1ccc(Cl)cc1. The lowest BCUT2D eigenvalue weighted by Gasteiger charge is -2.26. The van der Waals surface area contributed by atoms with E-state index in [2.05, 4.69) is 29.0 Å². The zero-order chi connectivity index (χ0) is 22.4. The Balaban J connectivity index is 1.85. The maximum atomic E-state index is 13.1. The minimum absolute atomic E-state index is 0.172. The fraction of sp³-hybridized carbons (Fsp3) is 0.333. The van der Waals surface area contributed by atoms with Gasteiger partial charge in [0.2, 0.25) is 0 Å². The Morgan fingerprint density at radius 1 is 1.06 bits per heavy atom. The van der Waals surface area contributed by atoms with Crippen molar-refractivity contribution >= 4 is 34.2 Å². The van der Waals surface area contributed by atoms with Gasteiger partial charge in [-0.3, -0.25) is 4.79 Å². The molecule has 0 aliphatic rings. The van der Waals surface area contributed by atoms with Gasteiger partial charge < -0.3 is 20.1 Å². The Morgan fingerprint density at radius 3 is 2.45 bits per heavy atom. The molecule has 164 valence electrons. The van der Waals surface area contributed by atoms with E-state index in [4.69, 9.17) is 11.6 Å². The van der Waals surface area contributed by atoms with Crippen molar-refractivity contribution in [2.45, 2.75) is 27.3 Å². The van der Waals surface area contributed by atoms with Crippen molar-refractivity contribution in [1.82, 2.24) is 14.8 Å². The van der Waals surface area contributed by atoms with Crippen molar-refractivity contribution in [3.63, 3.8) is 0 Å². The summed E-state index contributed by atoms with van der Waals surface area (Å²) in [5, 5.41) is 4.47. The summed E-state index contributed by atoms with van der Waals surface area (Å²) in [6.45, 7) is 9.42. The van der Waals surface area contributed by atoms with Crippen LogP contribution in [0.25, 0.3) is 10.9 Å². The zero-order valence-corrected chi connectivity index (χ0v) is 19.0. The maximum absolute atomic E-state index is 13.1. The lowest BCUT2D eigenvalue weighted by molar-refractivity contribution is 0.194. The molecule has 6 nitrogen and oxygen atoms in total. The fourth-order valence-electron chi connectivity index (χ4n) is 3.54. The van der Waals surface area contributed by atoms with Crippen LogP contribution in [-0.2, 0) is 6.54 Å². The first-order chi connectivity index (χ1) is 14.9. The molecule has 7 heteroatoms. The Kier molecular flexibility index (Phi) is 7.71. The number of hydrogen-bond donors (Lipinski definition) is 2. The number of H-pyrrole nitrogens is 1. The van der Waals surface area contributed by atoms with Gasteiger partial charge in [0.25, 0.3) is 5.56 Å². The minimum Gasteiger partial charge on any atom is -0.321 e. The van der Waals surface area contributed by atoms with Crippen molar-refractivity contribution in [2.75, 3.05) is 31.5 Å². The Hall–Kier alpha value is -2.83. The molecule has 0 bridgehead atoms. The van der Waals surface area contributed by atoms with Crippen LogP contribution in [-0.4, -0.2) is 47.0 Å². The van der Waals surface area contributed by atoms with E-state index in [9.17, 15) is 9.59 Å². The second kappa shape index (κ2) is 10.5. The number of aryl methyl sites for hydroxylation is 1. The molecule has 0 aliphatic heterocycles. The molecule has 31 heavy (non-hydrogen) atoms. The first-order valence-corrected chi connectivity index (χ1v) is 10.9. The minimum atomic E-state index is -0.252. The van der Waals surface area contributed by atoms with E-state index in [1.807, 2.05) is 31.2 Å². The van der Waals surface area contributed by atoms with Crippen molar-refractivity contribution < 1.29 is 4.79 Å². The molecule has 0 radical (unpaired) electrons. The summed E-state index contributed by atoms with van der Waals surface area (Å²) >= 11 is 5.94. The number of benzene rings is 2. The number of halogens is 1. The Bertz CT molecular complexity index is 1090. The molecule has 1 heterocycles. The van der Waals surface area contributed by atoms with Crippen LogP contribution in [0.3, 0.4) is 0 Å². The molecule has 0 fully saturated rings. The average Bonchev–Trinajstić information content (AvgIpc) is 2.76. The first kappa shape index (κ1) is 22.8. The normalized spacial score (nSPS) is 11.1. The van der Waals surface area contributed by atoms with Crippen LogP contribution in [0, 0.1) is 6.92 Å². The zero-order valence-electron chi connectivity index (χ0n) is 18.2. The van der Waals surface area contributed by atoms with Crippen LogP contribution in [0.4, 0.5) is 10.5 Å². The van der Waals surface area contributed by atoms with Gasteiger partial charge >= 0.3 is 6.03 Å². The highest BCUT2D eigenvalue weighted by atomic mass is 35.5. The molecule has 0 saturated carbocycles. The number of fused-ring (bicyclic) bond motifs is 1. The maximum Gasteiger partial charge on any atom is 0.322 e. The Morgan fingerprint density at radius 2 is 1.77 bits per heavy atom. The predicted octanol–water partition coefficient (Wildman–Crippen LogP) is 4.87. The number of nitrogens with zero attached hydrogens (tertiary/aromatic N) is 2. The molecule has 0 aliphatic carbocycles. The highest BCUT2D eigenvalue weighted by Gasteiger charge is 2.17. The third-order valence-corrected chi connectivity index (χ3v) is 5.74. The summed E-state index contributed by atoms with van der Waals surface area (Å²) in [6, 6.07) is 14.5. The largest absolute Gasteiger partial charge is 0.322 e. The smallest absolute Gasteiger partial charge is 0.321 e. The average molecular weight is 441 g/mol. The van der Waals surface area contributed by atoms with Gasteiger partial charge in [-0.2, -0.15) is 0 Å². The number of likely N-dealkylation sites (N-methyl/N-ethyl adjacent to an activating group) is 1. The van der Waals surface area contributed by atoms with E-state index in [0.717, 1.165) is 36.1 Å². The summed E-state index contributed by atoms with van der Waals surface area (Å²) < 4.78 is 0. The van der Waals surface area contributed by atoms with Crippen LogP contribution in [0.15, 0.2) is 53.3 Å². The third kappa shape index (κ3) is 5.87. The number of aromatic nitrogens is 1. The number of amides is 2. The van der Waals surface area contributed by atoms with Crippen LogP contribution < -0.4 is 10.9 Å². The number of carbonyl (C=O) groups is 1. The van der Waals surface area contributed by atoms with Gasteiger partial charge in [0.1, 0.15) is 0 Å². The second-order valence-corrected chi connectivity index (χ2v) is 7.98. The number of aromatic amines is 1. The lowest BCUT2D eigenvalue weighted by Crippen LogP contribution is -2.41. The van der Waals surface area contributed by atoms with Crippen LogP contribution in [0.5, 0.6) is 0 Å². The number of pyridine rings is 1. The number of nitrogens with one attached hydrogen (secondary N) is 2. The molecule has 3 aromatic rings. The highest BCUT2D eigenvalue weighted by Crippen LogP contribution is 2.17. The summed E-state index contributed by atoms with van der Waals surface area (Å²) in [7, 11) is 0. The standard InChI is InChI=1S/C24H29ClN4O2/c1-4-28(5-2)13-14-29(24(31)26-21-11-9-20(25)10-12-21)16-19-15-18-8-6-7-17(3)22(18)27-23(19)30/h6-12,15H,4-5,13-14,16H2,1-3H3,(H,26,31)(H,27,30). The quantitative estimate of drug-likeness (QED) is 0.525. The highest BCUT2D eigenvalue weighted by molar-refractivity contribution is 6.30. The third-order valence-electron chi connectivity index (χ3n) is 5.49. The molecule has 2 amide bonds. The predicted molar refractivity (Wildman–Crippen MR) is 128 cm³/mol. The summed E-state index contributed by atoms with van der Waals surface area (Å²) in [4.78, 5) is 32.7. The number of rotatable bonds is 8. The van der Waals surface area contributed by atoms with E-state index in [-0.39, 0.29) is 18.1 Å². The van der Waals surface area contributed by atoms with Crippen molar-refractivity contribution in [3.05, 3.63) is 75.0 Å². The van der Waals surface area contributed by atoms with Gasteiger partial charge in [0.05, 0.1) is 12.1 Å². The van der Waals surface area contributed by atoms with Gasteiger partial charge in [0.15, 0.2) is 0 Å². The van der Waals surface area contributed by atoms with Gasteiger partial charge in [-0.15, -0.1) is 0 Å².